The molecule has 124 valence electrons. The van der Waals surface area contributed by atoms with E-state index in [4.69, 9.17) is 17.0 Å². The van der Waals surface area contributed by atoms with E-state index in [0.717, 1.165) is 38.1 Å². The van der Waals surface area contributed by atoms with E-state index in [1.54, 1.807) is 0 Å². The minimum absolute atomic E-state index is 0.0813. The fourth-order valence-corrected chi connectivity index (χ4v) is 4.39. The van der Waals surface area contributed by atoms with Crippen LogP contribution in [0.4, 0.5) is 0 Å². The molecule has 2 aliphatic heterocycles. The first-order valence-corrected chi connectivity index (χ1v) is 9.92. The summed E-state index contributed by atoms with van der Waals surface area (Å²) in [6.45, 7) is 2.56. The average molecular weight is 346 g/mol. The smallest absolute Gasteiger partial charge is 0.211 e. The first-order chi connectivity index (χ1) is 10.4. The number of ether oxygens (including phenoxy) is 1. The van der Waals surface area contributed by atoms with E-state index in [1.807, 2.05) is 4.57 Å². The molecule has 1 aromatic rings. The average Bonchev–Trinajstić information content (AvgIpc) is 3.10. The maximum absolute atomic E-state index is 11.8. The molecule has 0 unspecified atom stereocenters. The van der Waals surface area contributed by atoms with Crippen LogP contribution in [0.5, 0.6) is 0 Å². The number of piperidine rings is 1. The Bertz CT molecular complexity index is 676. The van der Waals surface area contributed by atoms with Gasteiger partial charge in [0.25, 0.3) is 0 Å². The predicted octanol–water partition coefficient (Wildman–Crippen LogP) is 1.26. The van der Waals surface area contributed by atoms with Gasteiger partial charge >= 0.3 is 0 Å². The van der Waals surface area contributed by atoms with Crippen molar-refractivity contribution in [3.05, 3.63) is 10.6 Å². The molecule has 3 rings (SSSR count). The van der Waals surface area contributed by atoms with E-state index in [1.165, 1.54) is 10.6 Å². The highest BCUT2D eigenvalue weighted by molar-refractivity contribution is 7.88. The zero-order chi connectivity index (χ0) is 15.7. The van der Waals surface area contributed by atoms with Crippen molar-refractivity contribution in [3.8, 4) is 0 Å². The van der Waals surface area contributed by atoms with Gasteiger partial charge in [-0.05, 0) is 37.9 Å². The van der Waals surface area contributed by atoms with Crippen LogP contribution in [0, 0.1) is 4.77 Å². The van der Waals surface area contributed by atoms with E-state index >= 15 is 0 Å². The van der Waals surface area contributed by atoms with Crippen molar-refractivity contribution in [1.29, 1.82) is 0 Å². The van der Waals surface area contributed by atoms with Crippen molar-refractivity contribution in [3.63, 3.8) is 0 Å². The van der Waals surface area contributed by atoms with Crippen LogP contribution < -0.4 is 0 Å². The van der Waals surface area contributed by atoms with E-state index < -0.39 is 10.0 Å². The summed E-state index contributed by atoms with van der Waals surface area (Å²) in [4.78, 5) is 0. The van der Waals surface area contributed by atoms with Gasteiger partial charge < -0.3 is 9.30 Å². The first-order valence-electron chi connectivity index (χ1n) is 7.67. The Balaban J connectivity index is 1.80. The molecule has 0 bridgehead atoms. The number of hydrogen-bond acceptors (Lipinski definition) is 5. The molecule has 0 aromatic carbocycles. The second kappa shape index (κ2) is 6.38. The summed E-state index contributed by atoms with van der Waals surface area (Å²) in [5.74, 6) is 0.937. The van der Waals surface area contributed by atoms with E-state index in [2.05, 4.69) is 10.2 Å². The fraction of sp³-hybridized carbons (Fsp3) is 0.846. The van der Waals surface area contributed by atoms with Crippen LogP contribution >= 0.6 is 12.2 Å². The fourth-order valence-electron chi connectivity index (χ4n) is 3.26. The highest BCUT2D eigenvalue weighted by Crippen LogP contribution is 2.27. The van der Waals surface area contributed by atoms with Gasteiger partial charge in [-0.2, -0.15) is 5.10 Å². The Morgan fingerprint density at radius 2 is 2.23 bits per heavy atom. The third kappa shape index (κ3) is 3.42. The first kappa shape index (κ1) is 16.1. The minimum Gasteiger partial charge on any atom is -0.376 e. The molecule has 0 amide bonds. The summed E-state index contributed by atoms with van der Waals surface area (Å²) < 4.78 is 33.4. The number of nitrogens with one attached hydrogen (secondary N) is 1. The van der Waals surface area contributed by atoms with Gasteiger partial charge in [-0.3, -0.25) is 5.10 Å². The van der Waals surface area contributed by atoms with Gasteiger partial charge in [-0.15, -0.1) is 0 Å². The molecular formula is C13H22N4O3S2. The second-order valence-corrected chi connectivity index (χ2v) is 8.46. The Hall–Kier alpha value is -0.770. The van der Waals surface area contributed by atoms with Gasteiger partial charge in [0, 0.05) is 25.6 Å². The summed E-state index contributed by atoms with van der Waals surface area (Å²) in [5, 5.41) is 7.22. The lowest BCUT2D eigenvalue weighted by molar-refractivity contribution is 0.0952. The van der Waals surface area contributed by atoms with Crippen LogP contribution in [0.25, 0.3) is 0 Å². The molecule has 1 aromatic heterocycles. The van der Waals surface area contributed by atoms with Gasteiger partial charge in [0.05, 0.1) is 18.9 Å². The molecule has 7 nitrogen and oxygen atoms in total. The molecule has 0 saturated carbocycles. The van der Waals surface area contributed by atoms with E-state index in [9.17, 15) is 8.42 Å². The van der Waals surface area contributed by atoms with Crippen LogP contribution in [-0.4, -0.2) is 59.5 Å². The van der Waals surface area contributed by atoms with Crippen molar-refractivity contribution in [2.24, 2.45) is 0 Å². The number of aromatic amines is 1. The quantitative estimate of drug-likeness (QED) is 0.830. The molecule has 2 saturated heterocycles. The Kier molecular flexibility index (Phi) is 4.67. The minimum atomic E-state index is -3.16. The van der Waals surface area contributed by atoms with Crippen molar-refractivity contribution in [2.45, 2.75) is 44.2 Å². The van der Waals surface area contributed by atoms with E-state index in [0.29, 0.717) is 24.4 Å². The lowest BCUT2D eigenvalue weighted by atomic mass is 9.98. The van der Waals surface area contributed by atoms with Crippen LogP contribution in [0.3, 0.4) is 0 Å². The summed E-state index contributed by atoms with van der Waals surface area (Å²) >= 11 is 5.34. The van der Waals surface area contributed by atoms with Crippen molar-refractivity contribution in [2.75, 3.05) is 26.0 Å². The third-order valence-corrected chi connectivity index (χ3v) is 6.00. The van der Waals surface area contributed by atoms with Crippen LogP contribution in [-0.2, 0) is 21.3 Å². The lowest BCUT2D eigenvalue weighted by Gasteiger charge is -2.30. The molecule has 3 heterocycles. The Morgan fingerprint density at radius 3 is 2.91 bits per heavy atom. The van der Waals surface area contributed by atoms with E-state index in [-0.39, 0.29) is 12.0 Å². The Labute approximate surface area is 135 Å². The molecule has 0 radical (unpaired) electrons. The molecule has 2 aliphatic rings. The molecule has 9 heteroatoms. The maximum atomic E-state index is 11.8. The number of hydrogen-bond donors (Lipinski definition) is 1. The van der Waals surface area contributed by atoms with Gasteiger partial charge in [0.1, 0.15) is 5.82 Å². The molecule has 1 N–H and O–H groups in total. The summed E-state index contributed by atoms with van der Waals surface area (Å²) in [6.07, 6.45) is 5.33. The SMILES string of the molecule is CS(=O)(=O)N1CCC[C@@H](c2n[nH]c(=S)n2C[C@@H]2CCCO2)C1. The number of sulfonamides is 1. The van der Waals surface area contributed by atoms with Crippen molar-refractivity contribution < 1.29 is 13.2 Å². The summed E-state index contributed by atoms with van der Waals surface area (Å²) in [5.41, 5.74) is 0. The molecule has 0 spiro atoms. The monoisotopic (exact) mass is 346 g/mol. The molecule has 2 atom stereocenters. The number of nitrogens with zero attached hydrogens (tertiary/aromatic N) is 3. The van der Waals surface area contributed by atoms with Gasteiger partial charge in [0.2, 0.25) is 10.0 Å². The Morgan fingerprint density at radius 1 is 1.41 bits per heavy atom. The van der Waals surface area contributed by atoms with Crippen molar-refractivity contribution >= 4 is 22.2 Å². The number of rotatable bonds is 4. The van der Waals surface area contributed by atoms with Crippen molar-refractivity contribution in [1.82, 2.24) is 19.1 Å². The highest BCUT2D eigenvalue weighted by Gasteiger charge is 2.30. The standard InChI is InChI=1S/C13H22N4O3S2/c1-22(18,19)16-6-2-4-10(8-16)12-14-15-13(21)17(12)9-11-5-3-7-20-11/h10-11H,2-9H2,1H3,(H,15,21)/t10-,11+/m1/s1. The molecule has 0 aliphatic carbocycles. The zero-order valence-electron chi connectivity index (χ0n) is 12.7. The molecule has 2 fully saturated rings. The zero-order valence-corrected chi connectivity index (χ0v) is 14.3. The normalized spacial score (nSPS) is 27.3. The lowest BCUT2D eigenvalue weighted by Crippen LogP contribution is -2.39. The number of aromatic nitrogens is 3. The van der Waals surface area contributed by atoms with Gasteiger partial charge in [-0.25, -0.2) is 12.7 Å². The summed E-state index contributed by atoms with van der Waals surface area (Å²) in [7, 11) is -3.16. The van der Waals surface area contributed by atoms with Crippen LogP contribution in [0.2, 0.25) is 0 Å². The summed E-state index contributed by atoms with van der Waals surface area (Å²) in [6, 6.07) is 0. The number of H-pyrrole nitrogens is 1. The highest BCUT2D eigenvalue weighted by atomic mass is 32.2. The predicted molar refractivity (Wildman–Crippen MR) is 84.8 cm³/mol. The maximum Gasteiger partial charge on any atom is 0.211 e. The third-order valence-electron chi connectivity index (χ3n) is 4.42. The van der Waals surface area contributed by atoms with Gasteiger partial charge in [0.15, 0.2) is 4.77 Å². The van der Waals surface area contributed by atoms with Gasteiger partial charge in [-0.1, -0.05) is 0 Å². The topological polar surface area (TPSA) is 80.2 Å². The second-order valence-electron chi connectivity index (χ2n) is 6.09. The molecular weight excluding hydrogens is 324 g/mol. The van der Waals surface area contributed by atoms with Crippen LogP contribution in [0.1, 0.15) is 37.4 Å². The molecule has 22 heavy (non-hydrogen) atoms. The van der Waals surface area contributed by atoms with Crippen LogP contribution in [0.15, 0.2) is 0 Å². The largest absolute Gasteiger partial charge is 0.376 e.